The number of aromatic nitrogens is 2. The van der Waals surface area contributed by atoms with Gasteiger partial charge in [0.15, 0.2) is 0 Å². The van der Waals surface area contributed by atoms with Crippen LogP contribution < -0.4 is 5.32 Å². The van der Waals surface area contributed by atoms with Crippen LogP contribution in [0.2, 0.25) is 0 Å². The van der Waals surface area contributed by atoms with Crippen molar-refractivity contribution in [2.75, 3.05) is 7.05 Å². The topological polar surface area (TPSA) is 40.7 Å². The summed E-state index contributed by atoms with van der Waals surface area (Å²) in [5.74, 6) is 0.644. The molecule has 0 atom stereocenters. The number of aromatic amines is 1. The van der Waals surface area contributed by atoms with Crippen molar-refractivity contribution >= 4 is 0 Å². The molecule has 1 heterocycles. The van der Waals surface area contributed by atoms with Gasteiger partial charge in [-0.2, -0.15) is 0 Å². The molecule has 0 radical (unpaired) electrons. The van der Waals surface area contributed by atoms with E-state index in [0.29, 0.717) is 6.54 Å². The minimum atomic E-state index is -0.228. The number of hydrogen-bond donors (Lipinski definition) is 2. The van der Waals surface area contributed by atoms with Gasteiger partial charge in [0, 0.05) is 0 Å². The zero-order chi connectivity index (χ0) is 10.7. The molecular weight excluding hydrogens is 193 g/mol. The Labute approximate surface area is 87.4 Å². The number of nitrogens with zero attached hydrogens (tertiary/aromatic N) is 1. The number of nitrogens with one attached hydrogen (secondary N) is 2. The molecule has 0 amide bonds. The second-order valence-electron chi connectivity index (χ2n) is 3.28. The summed E-state index contributed by atoms with van der Waals surface area (Å²) in [6, 6.07) is 6.33. The van der Waals surface area contributed by atoms with Gasteiger partial charge in [-0.05, 0) is 36.9 Å². The zero-order valence-corrected chi connectivity index (χ0v) is 8.42. The Kier molecular flexibility index (Phi) is 2.78. The molecule has 0 unspecified atom stereocenters. The highest BCUT2D eigenvalue weighted by atomic mass is 19.1. The van der Waals surface area contributed by atoms with E-state index in [2.05, 4.69) is 15.3 Å². The maximum Gasteiger partial charge on any atom is 0.123 e. The van der Waals surface area contributed by atoms with Gasteiger partial charge in [0.1, 0.15) is 11.6 Å². The van der Waals surface area contributed by atoms with Crippen LogP contribution in [0.3, 0.4) is 0 Å². The molecule has 0 saturated carbocycles. The van der Waals surface area contributed by atoms with E-state index in [1.807, 2.05) is 7.05 Å². The number of benzene rings is 1. The maximum absolute atomic E-state index is 12.7. The van der Waals surface area contributed by atoms with Gasteiger partial charge in [-0.1, -0.05) is 0 Å². The summed E-state index contributed by atoms with van der Waals surface area (Å²) >= 11 is 0. The van der Waals surface area contributed by atoms with Crippen LogP contribution in [0, 0.1) is 5.82 Å². The molecule has 4 heteroatoms. The van der Waals surface area contributed by atoms with Crippen molar-refractivity contribution in [3.05, 3.63) is 42.1 Å². The molecule has 0 aliphatic heterocycles. The van der Waals surface area contributed by atoms with Crippen LogP contribution in [0.5, 0.6) is 0 Å². The van der Waals surface area contributed by atoms with E-state index in [9.17, 15) is 4.39 Å². The van der Waals surface area contributed by atoms with Crippen LogP contribution >= 0.6 is 0 Å². The first-order valence-corrected chi connectivity index (χ1v) is 4.74. The molecule has 0 aliphatic carbocycles. The first-order chi connectivity index (χ1) is 7.29. The van der Waals surface area contributed by atoms with Crippen LogP contribution in [0.15, 0.2) is 30.5 Å². The van der Waals surface area contributed by atoms with Gasteiger partial charge >= 0.3 is 0 Å². The molecule has 0 spiro atoms. The Morgan fingerprint density at radius 2 is 2.07 bits per heavy atom. The van der Waals surface area contributed by atoms with Crippen molar-refractivity contribution in [1.29, 1.82) is 0 Å². The molecule has 1 aromatic heterocycles. The highest BCUT2D eigenvalue weighted by Crippen LogP contribution is 2.16. The SMILES string of the molecule is CNCc1ncc(-c2ccc(F)cc2)[nH]1. The Morgan fingerprint density at radius 1 is 1.33 bits per heavy atom. The van der Waals surface area contributed by atoms with E-state index in [0.717, 1.165) is 17.1 Å². The molecule has 2 aromatic rings. The highest BCUT2D eigenvalue weighted by molar-refractivity contribution is 5.58. The van der Waals surface area contributed by atoms with E-state index >= 15 is 0 Å². The predicted octanol–water partition coefficient (Wildman–Crippen LogP) is 1.94. The second kappa shape index (κ2) is 4.23. The Balaban J connectivity index is 2.25. The maximum atomic E-state index is 12.7. The number of rotatable bonds is 3. The van der Waals surface area contributed by atoms with E-state index in [-0.39, 0.29) is 5.82 Å². The van der Waals surface area contributed by atoms with E-state index in [4.69, 9.17) is 0 Å². The van der Waals surface area contributed by atoms with Crippen LogP contribution in [0.25, 0.3) is 11.3 Å². The quantitative estimate of drug-likeness (QED) is 0.803. The summed E-state index contributed by atoms with van der Waals surface area (Å²) in [7, 11) is 1.86. The Hall–Kier alpha value is -1.68. The summed E-state index contributed by atoms with van der Waals surface area (Å²) in [6.45, 7) is 0.696. The first-order valence-electron chi connectivity index (χ1n) is 4.74. The number of imidazole rings is 1. The lowest BCUT2D eigenvalue weighted by molar-refractivity contribution is 0.628. The standard InChI is InChI=1S/C11H12FN3/c1-13-7-11-14-6-10(15-11)8-2-4-9(12)5-3-8/h2-6,13H,7H2,1H3,(H,14,15). The summed E-state index contributed by atoms with van der Waals surface area (Å²) in [4.78, 5) is 7.35. The molecule has 1 aromatic carbocycles. The van der Waals surface area contributed by atoms with Crippen molar-refractivity contribution in [3.8, 4) is 11.3 Å². The third-order valence-corrected chi connectivity index (χ3v) is 2.13. The lowest BCUT2D eigenvalue weighted by Gasteiger charge is -1.97. The molecule has 0 saturated heterocycles. The van der Waals surface area contributed by atoms with Crippen molar-refractivity contribution in [2.45, 2.75) is 6.54 Å². The molecular formula is C11H12FN3. The lowest BCUT2D eigenvalue weighted by Crippen LogP contribution is -2.06. The van der Waals surface area contributed by atoms with Gasteiger partial charge in [0.2, 0.25) is 0 Å². The molecule has 0 bridgehead atoms. The van der Waals surface area contributed by atoms with Gasteiger partial charge in [0.25, 0.3) is 0 Å². The summed E-state index contributed by atoms with van der Waals surface area (Å²) in [6.07, 6.45) is 1.75. The molecule has 0 aliphatic rings. The van der Waals surface area contributed by atoms with Crippen molar-refractivity contribution in [2.24, 2.45) is 0 Å². The van der Waals surface area contributed by atoms with Crippen LogP contribution in [0.1, 0.15) is 5.82 Å². The molecule has 0 fully saturated rings. The van der Waals surface area contributed by atoms with Gasteiger partial charge in [-0.3, -0.25) is 0 Å². The van der Waals surface area contributed by atoms with E-state index in [1.54, 1.807) is 18.3 Å². The second-order valence-corrected chi connectivity index (χ2v) is 3.28. The third kappa shape index (κ3) is 2.22. The minimum Gasteiger partial charge on any atom is -0.341 e. The van der Waals surface area contributed by atoms with Crippen molar-refractivity contribution < 1.29 is 4.39 Å². The fourth-order valence-corrected chi connectivity index (χ4v) is 1.40. The average Bonchev–Trinajstić information content (AvgIpc) is 2.68. The number of H-pyrrole nitrogens is 1. The molecule has 78 valence electrons. The van der Waals surface area contributed by atoms with Gasteiger partial charge in [0.05, 0.1) is 18.4 Å². The minimum absolute atomic E-state index is 0.228. The largest absolute Gasteiger partial charge is 0.341 e. The lowest BCUT2D eigenvalue weighted by atomic mass is 10.2. The number of halogens is 1. The highest BCUT2D eigenvalue weighted by Gasteiger charge is 2.02. The summed E-state index contributed by atoms with van der Waals surface area (Å²) < 4.78 is 12.7. The normalized spacial score (nSPS) is 10.5. The number of hydrogen-bond acceptors (Lipinski definition) is 2. The van der Waals surface area contributed by atoms with Crippen molar-refractivity contribution in [3.63, 3.8) is 0 Å². The predicted molar refractivity (Wildman–Crippen MR) is 56.7 cm³/mol. The molecule has 2 N–H and O–H groups in total. The summed E-state index contributed by atoms with van der Waals surface area (Å²) in [5.41, 5.74) is 1.84. The summed E-state index contributed by atoms with van der Waals surface area (Å²) in [5, 5.41) is 3.00. The third-order valence-electron chi connectivity index (χ3n) is 2.13. The fraction of sp³-hybridized carbons (Fsp3) is 0.182. The van der Waals surface area contributed by atoms with Gasteiger partial charge in [-0.25, -0.2) is 9.37 Å². The fourth-order valence-electron chi connectivity index (χ4n) is 1.40. The monoisotopic (exact) mass is 205 g/mol. The smallest absolute Gasteiger partial charge is 0.123 e. The van der Waals surface area contributed by atoms with Crippen LogP contribution in [-0.4, -0.2) is 17.0 Å². The van der Waals surface area contributed by atoms with E-state index < -0.39 is 0 Å². The van der Waals surface area contributed by atoms with Crippen molar-refractivity contribution in [1.82, 2.24) is 15.3 Å². The molecule has 3 nitrogen and oxygen atoms in total. The van der Waals surface area contributed by atoms with Gasteiger partial charge < -0.3 is 10.3 Å². The Morgan fingerprint density at radius 3 is 2.73 bits per heavy atom. The average molecular weight is 205 g/mol. The van der Waals surface area contributed by atoms with Crippen LogP contribution in [-0.2, 0) is 6.54 Å². The van der Waals surface area contributed by atoms with E-state index in [1.165, 1.54) is 12.1 Å². The molecule has 2 rings (SSSR count). The van der Waals surface area contributed by atoms with Gasteiger partial charge in [-0.15, -0.1) is 0 Å². The molecule has 15 heavy (non-hydrogen) atoms. The van der Waals surface area contributed by atoms with Crippen LogP contribution in [0.4, 0.5) is 4.39 Å². The zero-order valence-electron chi connectivity index (χ0n) is 8.42. The Bertz CT molecular complexity index is 433. The first kappa shape index (κ1) is 9.86.